The lowest BCUT2D eigenvalue weighted by Gasteiger charge is -2.28. The summed E-state index contributed by atoms with van der Waals surface area (Å²) in [6.45, 7) is 7.17. The minimum Gasteiger partial charge on any atom is -0.389 e. The molecule has 0 amide bonds. The fourth-order valence-electron chi connectivity index (χ4n) is 3.45. The average Bonchev–Trinajstić information content (AvgIpc) is 2.71. The molecule has 0 aliphatic carbocycles. The largest absolute Gasteiger partial charge is 0.389 e. The molecule has 0 bridgehead atoms. The minimum absolute atomic E-state index is 0.0264. The quantitative estimate of drug-likeness (QED) is 0.558. The van der Waals surface area contributed by atoms with E-state index in [0.29, 0.717) is 13.2 Å². The van der Waals surface area contributed by atoms with E-state index in [0.717, 1.165) is 12.0 Å². The summed E-state index contributed by atoms with van der Waals surface area (Å²) in [4.78, 5) is 0. The van der Waals surface area contributed by atoms with Crippen LogP contribution in [0.25, 0.3) is 10.8 Å². The summed E-state index contributed by atoms with van der Waals surface area (Å²) >= 11 is 0. The van der Waals surface area contributed by atoms with E-state index in [1.165, 1.54) is 16.3 Å². The summed E-state index contributed by atoms with van der Waals surface area (Å²) < 4.78 is 5.83. The molecule has 28 heavy (non-hydrogen) atoms. The first-order valence-electron chi connectivity index (χ1n) is 10.0. The molecule has 3 aromatic rings. The number of ether oxygens (including phenoxy) is 1. The van der Waals surface area contributed by atoms with Gasteiger partial charge in [-0.15, -0.1) is 0 Å². The van der Waals surface area contributed by atoms with Crippen LogP contribution in [0.1, 0.15) is 38.0 Å². The third-order valence-corrected chi connectivity index (χ3v) is 5.08. The summed E-state index contributed by atoms with van der Waals surface area (Å²) in [5.74, 6) is 0. The van der Waals surface area contributed by atoms with Crippen LogP contribution < -0.4 is 5.32 Å². The molecule has 2 N–H and O–H groups in total. The van der Waals surface area contributed by atoms with Crippen molar-refractivity contribution < 1.29 is 9.84 Å². The van der Waals surface area contributed by atoms with Crippen molar-refractivity contribution in [3.8, 4) is 0 Å². The van der Waals surface area contributed by atoms with Crippen molar-refractivity contribution in [3.63, 3.8) is 0 Å². The standard InChI is InChI=1S/C25H31NO2/c1-19(21-9-5-4-6-10-21)28-18-24(27)17-26-25(2,3)16-20-13-14-22-11-7-8-12-23(22)15-20/h4-15,19,24,26-27H,16-18H2,1-3H3/t19-,24-/m1/s1. The maximum absolute atomic E-state index is 10.3. The van der Waals surface area contributed by atoms with E-state index >= 15 is 0 Å². The van der Waals surface area contributed by atoms with Gasteiger partial charge in [0.1, 0.15) is 0 Å². The molecule has 0 unspecified atom stereocenters. The highest BCUT2D eigenvalue weighted by Gasteiger charge is 2.20. The van der Waals surface area contributed by atoms with Crippen LogP contribution in [0.15, 0.2) is 72.8 Å². The molecule has 0 aliphatic heterocycles. The first-order valence-corrected chi connectivity index (χ1v) is 10.0. The van der Waals surface area contributed by atoms with E-state index in [1.807, 2.05) is 37.3 Å². The fourth-order valence-corrected chi connectivity index (χ4v) is 3.45. The molecule has 0 saturated carbocycles. The van der Waals surface area contributed by atoms with Gasteiger partial charge in [0, 0.05) is 12.1 Å². The molecule has 0 aromatic heterocycles. The van der Waals surface area contributed by atoms with Crippen LogP contribution in [-0.4, -0.2) is 29.9 Å². The minimum atomic E-state index is -0.540. The van der Waals surface area contributed by atoms with Gasteiger partial charge >= 0.3 is 0 Å². The molecular weight excluding hydrogens is 346 g/mol. The second-order valence-corrected chi connectivity index (χ2v) is 8.16. The van der Waals surface area contributed by atoms with E-state index in [2.05, 4.69) is 61.6 Å². The molecule has 0 aliphatic rings. The number of aliphatic hydroxyl groups is 1. The smallest absolute Gasteiger partial charge is 0.0898 e. The molecule has 3 nitrogen and oxygen atoms in total. The zero-order chi connectivity index (χ0) is 20.0. The van der Waals surface area contributed by atoms with Gasteiger partial charge in [-0.3, -0.25) is 0 Å². The van der Waals surface area contributed by atoms with Crippen molar-refractivity contribution in [1.29, 1.82) is 0 Å². The third kappa shape index (κ3) is 5.90. The van der Waals surface area contributed by atoms with Crippen LogP contribution in [0.2, 0.25) is 0 Å². The highest BCUT2D eigenvalue weighted by molar-refractivity contribution is 5.83. The number of aliphatic hydroxyl groups excluding tert-OH is 1. The van der Waals surface area contributed by atoms with E-state index in [4.69, 9.17) is 4.74 Å². The Labute approximate surface area is 168 Å². The maximum Gasteiger partial charge on any atom is 0.0898 e. The predicted molar refractivity (Wildman–Crippen MR) is 117 cm³/mol. The van der Waals surface area contributed by atoms with Gasteiger partial charge in [-0.25, -0.2) is 0 Å². The number of hydrogen-bond acceptors (Lipinski definition) is 3. The number of benzene rings is 3. The second-order valence-electron chi connectivity index (χ2n) is 8.16. The molecule has 3 aromatic carbocycles. The zero-order valence-electron chi connectivity index (χ0n) is 17.1. The fraction of sp³-hybridized carbons (Fsp3) is 0.360. The van der Waals surface area contributed by atoms with Gasteiger partial charge in [-0.1, -0.05) is 72.8 Å². The van der Waals surface area contributed by atoms with Gasteiger partial charge in [0.15, 0.2) is 0 Å². The summed E-state index contributed by atoms with van der Waals surface area (Å²) in [5.41, 5.74) is 2.30. The van der Waals surface area contributed by atoms with Crippen molar-refractivity contribution in [2.24, 2.45) is 0 Å². The highest BCUT2D eigenvalue weighted by Crippen LogP contribution is 2.20. The highest BCUT2D eigenvalue weighted by atomic mass is 16.5. The summed E-state index contributed by atoms with van der Waals surface area (Å²) in [5, 5.41) is 16.3. The number of fused-ring (bicyclic) bond motifs is 1. The van der Waals surface area contributed by atoms with E-state index in [1.54, 1.807) is 0 Å². The van der Waals surface area contributed by atoms with Crippen molar-refractivity contribution >= 4 is 10.8 Å². The van der Waals surface area contributed by atoms with Crippen LogP contribution in [0.4, 0.5) is 0 Å². The summed E-state index contributed by atoms with van der Waals surface area (Å²) in [6, 6.07) is 25.1. The Hall–Kier alpha value is -2.20. The maximum atomic E-state index is 10.3. The zero-order valence-corrected chi connectivity index (χ0v) is 17.1. The Kier molecular flexibility index (Phi) is 6.84. The predicted octanol–water partition coefficient (Wildman–Crippen LogP) is 4.89. The first kappa shape index (κ1) is 20.5. The Balaban J connectivity index is 1.48. The molecule has 3 heteroatoms. The lowest BCUT2D eigenvalue weighted by Crippen LogP contribution is -2.46. The average molecular weight is 378 g/mol. The lowest BCUT2D eigenvalue weighted by molar-refractivity contribution is -0.00417. The van der Waals surface area contributed by atoms with Gasteiger partial charge < -0.3 is 15.2 Å². The van der Waals surface area contributed by atoms with Gasteiger partial charge in [0.2, 0.25) is 0 Å². The Morgan fingerprint density at radius 2 is 1.61 bits per heavy atom. The second kappa shape index (κ2) is 9.33. The van der Waals surface area contributed by atoms with E-state index < -0.39 is 6.10 Å². The number of hydrogen-bond donors (Lipinski definition) is 2. The number of β-amino-alcohol motifs (C(OH)–C–C–N with tert-alkyl or cyclic N) is 1. The van der Waals surface area contributed by atoms with Gasteiger partial charge in [0.25, 0.3) is 0 Å². The molecule has 148 valence electrons. The molecule has 0 saturated heterocycles. The van der Waals surface area contributed by atoms with Crippen molar-refractivity contribution in [1.82, 2.24) is 5.32 Å². The van der Waals surface area contributed by atoms with Gasteiger partial charge in [0.05, 0.1) is 18.8 Å². The Morgan fingerprint density at radius 3 is 2.36 bits per heavy atom. The van der Waals surface area contributed by atoms with Crippen molar-refractivity contribution in [2.75, 3.05) is 13.2 Å². The molecule has 2 atom stereocenters. The first-order chi connectivity index (χ1) is 13.4. The summed E-state index contributed by atoms with van der Waals surface area (Å²) in [6.07, 6.45) is 0.328. The van der Waals surface area contributed by atoms with Crippen LogP contribution in [0, 0.1) is 0 Å². The van der Waals surface area contributed by atoms with Gasteiger partial charge in [-0.2, -0.15) is 0 Å². The van der Waals surface area contributed by atoms with Crippen LogP contribution in [0.5, 0.6) is 0 Å². The van der Waals surface area contributed by atoms with E-state index in [9.17, 15) is 5.11 Å². The molecule has 0 radical (unpaired) electrons. The van der Waals surface area contributed by atoms with Crippen LogP contribution >= 0.6 is 0 Å². The molecular formula is C25H31NO2. The van der Waals surface area contributed by atoms with Crippen molar-refractivity contribution in [3.05, 3.63) is 83.9 Å². The normalized spacial score (nSPS) is 14.1. The van der Waals surface area contributed by atoms with Crippen LogP contribution in [-0.2, 0) is 11.2 Å². The van der Waals surface area contributed by atoms with Gasteiger partial charge in [-0.05, 0) is 49.1 Å². The Morgan fingerprint density at radius 1 is 0.929 bits per heavy atom. The SMILES string of the molecule is C[C@@H](OC[C@H](O)CNC(C)(C)Cc1ccc2ccccc2c1)c1ccccc1. The molecule has 0 heterocycles. The monoisotopic (exact) mass is 377 g/mol. The third-order valence-electron chi connectivity index (χ3n) is 5.08. The van der Waals surface area contributed by atoms with Crippen LogP contribution in [0.3, 0.4) is 0 Å². The number of nitrogens with one attached hydrogen (secondary N) is 1. The lowest BCUT2D eigenvalue weighted by atomic mass is 9.93. The summed E-state index contributed by atoms with van der Waals surface area (Å²) in [7, 11) is 0. The molecule has 0 spiro atoms. The van der Waals surface area contributed by atoms with Crippen molar-refractivity contribution in [2.45, 2.75) is 44.9 Å². The van der Waals surface area contributed by atoms with E-state index in [-0.39, 0.29) is 11.6 Å². The molecule has 0 fully saturated rings. The molecule has 3 rings (SSSR count). The number of rotatable bonds is 9. The Bertz CT molecular complexity index is 876. The topological polar surface area (TPSA) is 41.5 Å².